The molecule has 0 atom stereocenters. The van der Waals surface area contributed by atoms with Crippen LogP contribution >= 0.6 is 23.2 Å². The Hall–Kier alpha value is -1.66. The fourth-order valence-electron chi connectivity index (χ4n) is 1.88. The molecule has 3 heterocycles. The van der Waals surface area contributed by atoms with Gasteiger partial charge in [-0.05, 0) is 6.07 Å². The van der Waals surface area contributed by atoms with Gasteiger partial charge in [0.05, 0.1) is 10.9 Å². The lowest BCUT2D eigenvalue weighted by molar-refractivity contribution is 0.371. The number of hydrogen-bond donors (Lipinski definition) is 0. The maximum atomic E-state index is 5.91. The zero-order valence-electron chi connectivity index (χ0n) is 9.75. The van der Waals surface area contributed by atoms with Crippen molar-refractivity contribution in [2.24, 2.45) is 0 Å². The van der Waals surface area contributed by atoms with E-state index in [0.717, 1.165) is 17.0 Å². The number of aryl methyl sites for hydroxylation is 2. The van der Waals surface area contributed by atoms with Gasteiger partial charge < -0.3 is 9.09 Å². The molecule has 0 spiro atoms. The summed E-state index contributed by atoms with van der Waals surface area (Å²) in [4.78, 5) is 12.7. The zero-order valence-corrected chi connectivity index (χ0v) is 11.3. The van der Waals surface area contributed by atoms with Gasteiger partial charge in [-0.2, -0.15) is 4.98 Å². The van der Waals surface area contributed by atoms with Gasteiger partial charge in [-0.1, -0.05) is 16.8 Å². The van der Waals surface area contributed by atoms with Gasteiger partial charge in [0.2, 0.25) is 5.89 Å². The van der Waals surface area contributed by atoms with E-state index in [2.05, 4.69) is 20.1 Å². The molecule has 6 nitrogen and oxygen atoms in total. The Bertz CT molecular complexity index is 694. The first-order chi connectivity index (χ1) is 9.28. The maximum Gasteiger partial charge on any atom is 0.228 e. The second-order valence-electron chi connectivity index (χ2n) is 3.89. The van der Waals surface area contributed by atoms with Crippen LogP contribution in [0.25, 0.3) is 11.2 Å². The highest BCUT2D eigenvalue weighted by Gasteiger charge is 2.12. The number of alkyl halides is 1. The first-order valence-electron chi connectivity index (χ1n) is 5.60. The molecule has 0 aliphatic rings. The zero-order chi connectivity index (χ0) is 13.2. The molecule has 0 amide bonds. The molecule has 0 aliphatic heterocycles. The Morgan fingerprint density at radius 3 is 2.95 bits per heavy atom. The predicted octanol–water partition coefficient (Wildman–Crippen LogP) is 2.45. The van der Waals surface area contributed by atoms with Crippen LogP contribution in [-0.4, -0.2) is 24.7 Å². The second-order valence-corrected chi connectivity index (χ2v) is 4.60. The molecular formula is C11H9Cl2N5O. The van der Waals surface area contributed by atoms with Crippen LogP contribution in [0.2, 0.25) is 5.02 Å². The van der Waals surface area contributed by atoms with Crippen molar-refractivity contribution in [2.45, 2.75) is 18.8 Å². The molecule has 3 rings (SSSR count). The van der Waals surface area contributed by atoms with E-state index in [1.54, 1.807) is 12.3 Å². The highest BCUT2D eigenvalue weighted by atomic mass is 35.5. The number of rotatable bonds is 4. The second kappa shape index (κ2) is 5.14. The standard InChI is InChI=1S/C11H9Cl2N5O/c12-4-9-17-8-3-7(13)5-14-11(8)18(9)2-1-10-15-6-16-19-10/h3,5-6H,1-2,4H2. The van der Waals surface area contributed by atoms with Gasteiger partial charge in [0.25, 0.3) is 0 Å². The molecule has 0 saturated carbocycles. The van der Waals surface area contributed by atoms with Crippen molar-refractivity contribution in [1.29, 1.82) is 0 Å². The fraction of sp³-hybridized carbons (Fsp3) is 0.273. The minimum absolute atomic E-state index is 0.303. The van der Waals surface area contributed by atoms with Gasteiger partial charge in [-0.15, -0.1) is 11.6 Å². The largest absolute Gasteiger partial charge is 0.340 e. The smallest absolute Gasteiger partial charge is 0.228 e. The molecule has 0 aliphatic carbocycles. The lowest BCUT2D eigenvalue weighted by atomic mass is 10.4. The molecule has 0 bridgehead atoms. The van der Waals surface area contributed by atoms with Crippen LogP contribution in [0.15, 0.2) is 23.1 Å². The summed E-state index contributed by atoms with van der Waals surface area (Å²) < 4.78 is 6.90. The number of pyridine rings is 1. The van der Waals surface area contributed by atoms with Gasteiger partial charge in [-0.25, -0.2) is 9.97 Å². The molecular weight excluding hydrogens is 289 g/mol. The Labute approximate surface area is 118 Å². The Morgan fingerprint density at radius 2 is 2.21 bits per heavy atom. The quantitative estimate of drug-likeness (QED) is 0.692. The van der Waals surface area contributed by atoms with Gasteiger partial charge in [0.15, 0.2) is 12.0 Å². The topological polar surface area (TPSA) is 69.6 Å². The number of halogens is 2. The predicted molar refractivity (Wildman–Crippen MR) is 70.1 cm³/mol. The average molecular weight is 298 g/mol. The van der Waals surface area contributed by atoms with Gasteiger partial charge in [-0.3, -0.25) is 0 Å². The lowest BCUT2D eigenvalue weighted by Gasteiger charge is -2.04. The summed E-state index contributed by atoms with van der Waals surface area (Å²) in [7, 11) is 0. The van der Waals surface area contributed by atoms with Crippen LogP contribution in [0.4, 0.5) is 0 Å². The van der Waals surface area contributed by atoms with E-state index in [1.807, 2.05) is 4.57 Å². The number of hydrogen-bond acceptors (Lipinski definition) is 5. The van der Waals surface area contributed by atoms with Gasteiger partial charge >= 0.3 is 0 Å². The molecule has 8 heteroatoms. The number of aromatic nitrogens is 5. The van der Waals surface area contributed by atoms with E-state index in [0.29, 0.717) is 29.8 Å². The summed E-state index contributed by atoms with van der Waals surface area (Å²) in [6, 6.07) is 1.77. The number of imidazole rings is 1. The van der Waals surface area contributed by atoms with E-state index in [4.69, 9.17) is 27.7 Å². The third-order valence-electron chi connectivity index (χ3n) is 2.71. The highest BCUT2D eigenvalue weighted by molar-refractivity contribution is 6.31. The molecule has 0 N–H and O–H groups in total. The van der Waals surface area contributed by atoms with E-state index < -0.39 is 0 Å². The van der Waals surface area contributed by atoms with Crippen molar-refractivity contribution >= 4 is 34.4 Å². The van der Waals surface area contributed by atoms with Crippen LogP contribution in [0.5, 0.6) is 0 Å². The minimum atomic E-state index is 0.303. The van der Waals surface area contributed by atoms with E-state index in [-0.39, 0.29) is 0 Å². The molecule has 0 aromatic carbocycles. The minimum Gasteiger partial charge on any atom is -0.340 e. The monoisotopic (exact) mass is 297 g/mol. The molecule has 0 unspecified atom stereocenters. The van der Waals surface area contributed by atoms with Crippen LogP contribution in [0.1, 0.15) is 11.7 Å². The summed E-state index contributed by atoms with van der Waals surface area (Å²) in [6.07, 6.45) is 3.56. The average Bonchev–Trinajstić information content (AvgIpc) is 3.02. The summed E-state index contributed by atoms with van der Waals surface area (Å²) >= 11 is 11.8. The highest BCUT2D eigenvalue weighted by Crippen LogP contribution is 2.19. The van der Waals surface area contributed by atoms with Gasteiger partial charge in [0.1, 0.15) is 11.3 Å². The van der Waals surface area contributed by atoms with Crippen LogP contribution in [0, 0.1) is 0 Å². The van der Waals surface area contributed by atoms with E-state index >= 15 is 0 Å². The SMILES string of the molecule is ClCc1nc2cc(Cl)cnc2n1CCc1ncno1. The number of nitrogens with zero attached hydrogens (tertiary/aromatic N) is 5. The summed E-state index contributed by atoms with van der Waals surface area (Å²) in [5.41, 5.74) is 1.48. The van der Waals surface area contributed by atoms with Crippen molar-refractivity contribution in [1.82, 2.24) is 24.7 Å². The van der Waals surface area contributed by atoms with E-state index in [1.165, 1.54) is 6.33 Å². The molecule has 0 saturated heterocycles. The fourth-order valence-corrected chi connectivity index (χ4v) is 2.24. The normalized spacial score (nSPS) is 11.3. The molecule has 3 aromatic heterocycles. The first kappa shape index (κ1) is 12.4. The van der Waals surface area contributed by atoms with Crippen molar-refractivity contribution in [3.05, 3.63) is 35.3 Å². The first-order valence-corrected chi connectivity index (χ1v) is 6.51. The number of fused-ring (bicyclic) bond motifs is 1. The summed E-state index contributed by atoms with van der Waals surface area (Å²) in [6.45, 7) is 0.620. The Morgan fingerprint density at radius 1 is 1.32 bits per heavy atom. The van der Waals surface area contributed by atoms with Gasteiger partial charge in [0, 0.05) is 19.2 Å². The third-order valence-corrected chi connectivity index (χ3v) is 3.15. The lowest BCUT2D eigenvalue weighted by Crippen LogP contribution is -2.06. The van der Waals surface area contributed by atoms with Crippen molar-refractivity contribution in [3.63, 3.8) is 0 Å². The Kier molecular flexibility index (Phi) is 3.35. The Balaban J connectivity index is 1.96. The molecule has 3 aromatic rings. The van der Waals surface area contributed by atoms with Crippen molar-refractivity contribution < 1.29 is 4.52 Å². The van der Waals surface area contributed by atoms with Crippen molar-refractivity contribution in [3.8, 4) is 0 Å². The molecule has 98 valence electrons. The van der Waals surface area contributed by atoms with E-state index in [9.17, 15) is 0 Å². The van der Waals surface area contributed by atoms with Crippen LogP contribution < -0.4 is 0 Å². The summed E-state index contributed by atoms with van der Waals surface area (Å²) in [5.74, 6) is 1.61. The van der Waals surface area contributed by atoms with Crippen molar-refractivity contribution in [2.75, 3.05) is 0 Å². The van der Waals surface area contributed by atoms with Crippen LogP contribution in [0.3, 0.4) is 0 Å². The molecule has 0 radical (unpaired) electrons. The van der Waals surface area contributed by atoms with Crippen LogP contribution in [-0.2, 0) is 18.8 Å². The molecule has 0 fully saturated rings. The maximum absolute atomic E-state index is 5.91. The molecule has 19 heavy (non-hydrogen) atoms. The summed E-state index contributed by atoms with van der Waals surface area (Å²) in [5, 5.41) is 4.12. The third kappa shape index (κ3) is 2.41.